The van der Waals surface area contributed by atoms with Gasteiger partial charge in [0.05, 0.1) is 17.3 Å². The third kappa shape index (κ3) is 1.73. The van der Waals surface area contributed by atoms with Crippen LogP contribution >= 0.6 is 15.9 Å². The molecule has 0 unspecified atom stereocenters. The van der Waals surface area contributed by atoms with Crippen LogP contribution in [0.5, 0.6) is 0 Å². The smallest absolute Gasteiger partial charge is 0.168 e. The number of benzene rings is 1. The van der Waals surface area contributed by atoms with E-state index in [9.17, 15) is 0 Å². The van der Waals surface area contributed by atoms with Crippen molar-refractivity contribution < 1.29 is 0 Å². The van der Waals surface area contributed by atoms with E-state index in [2.05, 4.69) is 36.4 Å². The lowest BCUT2D eigenvalue weighted by atomic mass is 10.3. The van der Waals surface area contributed by atoms with Gasteiger partial charge in [0, 0.05) is 4.47 Å². The molecule has 0 bridgehead atoms. The molecule has 0 aliphatic rings. The van der Waals surface area contributed by atoms with Gasteiger partial charge in [-0.2, -0.15) is 5.10 Å². The van der Waals surface area contributed by atoms with Crippen LogP contribution in [0.25, 0.3) is 16.7 Å². The second kappa shape index (κ2) is 4.35. The minimum Gasteiger partial charge on any atom is -0.308 e. The first kappa shape index (κ1) is 11.1. The molecule has 90 valence electrons. The van der Waals surface area contributed by atoms with Crippen molar-refractivity contribution in [3.63, 3.8) is 0 Å². The maximum Gasteiger partial charge on any atom is 0.168 e. The number of nitrogen functional groups attached to an aromatic ring is 1. The fourth-order valence-corrected chi connectivity index (χ4v) is 2.14. The predicted molar refractivity (Wildman–Crippen MR) is 72.2 cm³/mol. The first-order valence-electron chi connectivity index (χ1n) is 5.21. The highest BCUT2D eigenvalue weighted by Crippen LogP contribution is 2.22. The van der Waals surface area contributed by atoms with Gasteiger partial charge < -0.3 is 5.43 Å². The molecule has 1 aromatic carbocycles. The summed E-state index contributed by atoms with van der Waals surface area (Å²) in [5.74, 6) is 5.96. The van der Waals surface area contributed by atoms with Crippen molar-refractivity contribution in [1.29, 1.82) is 0 Å². The highest BCUT2D eigenvalue weighted by molar-refractivity contribution is 9.10. The molecule has 7 heteroatoms. The van der Waals surface area contributed by atoms with Gasteiger partial charge in [0.15, 0.2) is 11.5 Å². The summed E-state index contributed by atoms with van der Waals surface area (Å²) in [4.78, 5) is 8.27. The average Bonchev–Trinajstić information content (AvgIpc) is 2.82. The van der Waals surface area contributed by atoms with E-state index in [-0.39, 0.29) is 0 Å². The number of nitrogens with one attached hydrogen (secondary N) is 1. The second-order valence-electron chi connectivity index (χ2n) is 3.64. The molecule has 0 fully saturated rings. The van der Waals surface area contributed by atoms with Crippen LogP contribution in [0.2, 0.25) is 0 Å². The van der Waals surface area contributed by atoms with Crippen LogP contribution in [0, 0.1) is 0 Å². The van der Waals surface area contributed by atoms with E-state index in [0.29, 0.717) is 11.5 Å². The number of fused-ring (bicyclic) bond motifs is 1. The molecule has 0 atom stereocenters. The van der Waals surface area contributed by atoms with Gasteiger partial charge >= 0.3 is 0 Å². The standard InChI is InChI=1S/C11H9BrN6/c12-7-2-1-3-8(4-7)18-11-9(5-16-18)10(17-13)14-6-15-11/h1-6H,13H2,(H,14,15,17). The Kier molecular flexibility index (Phi) is 2.69. The van der Waals surface area contributed by atoms with Gasteiger partial charge in [0.1, 0.15) is 6.33 Å². The normalized spacial score (nSPS) is 10.8. The fourth-order valence-electron chi connectivity index (χ4n) is 1.76. The Balaban J connectivity index is 2.25. The first-order valence-corrected chi connectivity index (χ1v) is 6.00. The van der Waals surface area contributed by atoms with Crippen molar-refractivity contribution in [3.05, 3.63) is 41.3 Å². The van der Waals surface area contributed by atoms with E-state index in [4.69, 9.17) is 5.84 Å². The van der Waals surface area contributed by atoms with Crippen molar-refractivity contribution in [3.8, 4) is 5.69 Å². The van der Waals surface area contributed by atoms with Crippen molar-refractivity contribution in [2.75, 3.05) is 5.43 Å². The van der Waals surface area contributed by atoms with Gasteiger partial charge in [0.25, 0.3) is 0 Å². The monoisotopic (exact) mass is 304 g/mol. The van der Waals surface area contributed by atoms with Gasteiger partial charge in [-0.3, -0.25) is 0 Å². The maximum absolute atomic E-state index is 5.40. The molecule has 0 spiro atoms. The molecule has 0 radical (unpaired) electrons. The molecule has 3 aromatic rings. The summed E-state index contributed by atoms with van der Waals surface area (Å²) < 4.78 is 2.72. The quantitative estimate of drug-likeness (QED) is 0.558. The Bertz CT molecular complexity index is 708. The van der Waals surface area contributed by atoms with E-state index in [1.165, 1.54) is 6.33 Å². The van der Waals surface area contributed by atoms with Gasteiger partial charge in [-0.25, -0.2) is 20.5 Å². The lowest BCUT2D eigenvalue weighted by Gasteiger charge is -2.04. The number of nitrogens with zero attached hydrogens (tertiary/aromatic N) is 4. The third-order valence-corrected chi connectivity index (χ3v) is 3.05. The summed E-state index contributed by atoms with van der Waals surface area (Å²) in [6.07, 6.45) is 3.14. The van der Waals surface area contributed by atoms with Crippen LogP contribution in [-0.2, 0) is 0 Å². The van der Waals surface area contributed by atoms with Gasteiger partial charge in [0.2, 0.25) is 0 Å². The molecule has 0 amide bonds. The van der Waals surface area contributed by atoms with E-state index in [0.717, 1.165) is 15.5 Å². The number of anilines is 1. The van der Waals surface area contributed by atoms with Crippen LogP contribution in [0.1, 0.15) is 0 Å². The Morgan fingerprint density at radius 1 is 1.28 bits per heavy atom. The highest BCUT2D eigenvalue weighted by Gasteiger charge is 2.10. The van der Waals surface area contributed by atoms with Crippen LogP contribution < -0.4 is 11.3 Å². The lowest BCUT2D eigenvalue weighted by Crippen LogP contribution is -2.09. The van der Waals surface area contributed by atoms with Gasteiger partial charge in [-0.05, 0) is 18.2 Å². The van der Waals surface area contributed by atoms with Gasteiger partial charge in [-0.15, -0.1) is 0 Å². The molecule has 0 saturated heterocycles. The van der Waals surface area contributed by atoms with E-state index in [1.54, 1.807) is 10.9 Å². The van der Waals surface area contributed by atoms with Crippen LogP contribution in [0.15, 0.2) is 41.3 Å². The summed E-state index contributed by atoms with van der Waals surface area (Å²) in [6.45, 7) is 0. The zero-order valence-corrected chi connectivity index (χ0v) is 10.8. The zero-order chi connectivity index (χ0) is 12.5. The SMILES string of the molecule is NNc1ncnc2c1cnn2-c1cccc(Br)c1. The largest absolute Gasteiger partial charge is 0.308 e. The average molecular weight is 305 g/mol. The minimum atomic E-state index is 0.557. The Morgan fingerprint density at radius 2 is 2.17 bits per heavy atom. The number of hydrogen-bond acceptors (Lipinski definition) is 5. The molecule has 6 nitrogen and oxygen atoms in total. The Hall–Kier alpha value is -1.99. The Labute approximate surface area is 111 Å². The summed E-state index contributed by atoms with van der Waals surface area (Å²) in [6, 6.07) is 7.81. The molecule has 0 saturated carbocycles. The molecular weight excluding hydrogens is 296 g/mol. The summed E-state index contributed by atoms with van der Waals surface area (Å²) in [7, 11) is 0. The minimum absolute atomic E-state index is 0.557. The summed E-state index contributed by atoms with van der Waals surface area (Å²) in [5, 5.41) is 5.09. The van der Waals surface area contributed by atoms with E-state index >= 15 is 0 Å². The topological polar surface area (TPSA) is 81.7 Å². The number of hydrogen-bond donors (Lipinski definition) is 2. The van der Waals surface area contributed by atoms with E-state index < -0.39 is 0 Å². The summed E-state index contributed by atoms with van der Waals surface area (Å²) in [5.41, 5.74) is 4.15. The third-order valence-electron chi connectivity index (χ3n) is 2.56. The molecule has 2 aromatic heterocycles. The van der Waals surface area contributed by atoms with Gasteiger partial charge in [-0.1, -0.05) is 22.0 Å². The van der Waals surface area contributed by atoms with Crippen molar-refractivity contribution in [1.82, 2.24) is 19.7 Å². The molecular formula is C11H9BrN6. The fraction of sp³-hybridized carbons (Fsp3) is 0. The van der Waals surface area contributed by atoms with Crippen molar-refractivity contribution in [2.45, 2.75) is 0 Å². The number of aromatic nitrogens is 4. The summed E-state index contributed by atoms with van der Waals surface area (Å²) >= 11 is 3.43. The molecule has 0 aliphatic carbocycles. The predicted octanol–water partition coefficient (Wildman–Crippen LogP) is 1.86. The number of nitrogens with two attached hydrogens (primary N) is 1. The number of rotatable bonds is 2. The molecule has 0 aliphatic heterocycles. The molecule has 2 heterocycles. The van der Waals surface area contributed by atoms with Crippen LogP contribution in [0.4, 0.5) is 5.82 Å². The van der Waals surface area contributed by atoms with Crippen molar-refractivity contribution in [2.24, 2.45) is 5.84 Å². The zero-order valence-electron chi connectivity index (χ0n) is 9.21. The molecule has 3 N–H and O–H groups in total. The second-order valence-corrected chi connectivity index (χ2v) is 4.56. The van der Waals surface area contributed by atoms with Crippen LogP contribution in [0.3, 0.4) is 0 Å². The Morgan fingerprint density at radius 3 is 2.94 bits per heavy atom. The number of hydrazine groups is 1. The molecule has 3 rings (SSSR count). The molecule has 18 heavy (non-hydrogen) atoms. The van der Waals surface area contributed by atoms with Crippen molar-refractivity contribution >= 4 is 32.8 Å². The highest BCUT2D eigenvalue weighted by atomic mass is 79.9. The van der Waals surface area contributed by atoms with Crippen LogP contribution in [-0.4, -0.2) is 19.7 Å². The number of halogens is 1. The lowest BCUT2D eigenvalue weighted by molar-refractivity contribution is 0.894. The van der Waals surface area contributed by atoms with E-state index in [1.807, 2.05) is 24.3 Å². The first-order chi connectivity index (χ1) is 8.79. The maximum atomic E-state index is 5.40.